The lowest BCUT2D eigenvalue weighted by atomic mass is 9.95. The summed E-state index contributed by atoms with van der Waals surface area (Å²) in [6, 6.07) is 5.06. The van der Waals surface area contributed by atoms with Crippen LogP contribution in [-0.2, 0) is 0 Å². The first-order valence-electron chi connectivity index (χ1n) is 6.47. The van der Waals surface area contributed by atoms with E-state index in [1.165, 1.54) is 0 Å². The number of hydrogen-bond acceptors (Lipinski definition) is 3. The minimum absolute atomic E-state index is 0.0326. The number of benzene rings is 1. The van der Waals surface area contributed by atoms with E-state index < -0.39 is 5.54 Å². The summed E-state index contributed by atoms with van der Waals surface area (Å²) >= 11 is 3.36. The zero-order chi connectivity index (χ0) is 15.2. The predicted octanol–water partition coefficient (Wildman–Crippen LogP) is 3.13. The summed E-state index contributed by atoms with van der Waals surface area (Å²) in [6.07, 6.45) is 1.24. The number of nitrogens with one attached hydrogen (secondary N) is 2. The molecule has 1 aromatic rings. The first-order valence-corrected chi connectivity index (χ1v) is 7.27. The van der Waals surface area contributed by atoms with Crippen molar-refractivity contribution in [1.82, 2.24) is 5.32 Å². The van der Waals surface area contributed by atoms with Crippen molar-refractivity contribution in [2.24, 2.45) is 0 Å². The third-order valence-corrected chi connectivity index (χ3v) is 3.76. The van der Waals surface area contributed by atoms with Crippen LogP contribution in [0.2, 0.25) is 0 Å². The summed E-state index contributed by atoms with van der Waals surface area (Å²) < 4.78 is 6.05. The lowest BCUT2D eigenvalue weighted by Gasteiger charge is -2.29. The van der Waals surface area contributed by atoms with E-state index in [2.05, 4.69) is 26.6 Å². The van der Waals surface area contributed by atoms with Crippen molar-refractivity contribution in [2.45, 2.75) is 32.2 Å². The van der Waals surface area contributed by atoms with E-state index in [0.29, 0.717) is 17.9 Å². The second-order valence-electron chi connectivity index (χ2n) is 4.81. The number of ether oxygens (including phenoxy) is 1. The number of aliphatic hydroxyl groups is 1. The van der Waals surface area contributed by atoms with E-state index in [-0.39, 0.29) is 12.6 Å². The van der Waals surface area contributed by atoms with Gasteiger partial charge in [0, 0.05) is 16.6 Å². The monoisotopic (exact) mass is 344 g/mol. The maximum absolute atomic E-state index is 12.1. The van der Waals surface area contributed by atoms with Crippen LogP contribution in [0.1, 0.15) is 26.7 Å². The number of halogens is 1. The van der Waals surface area contributed by atoms with Crippen LogP contribution in [0.15, 0.2) is 22.7 Å². The molecule has 0 radical (unpaired) electrons. The summed E-state index contributed by atoms with van der Waals surface area (Å²) in [7, 11) is 1.55. The van der Waals surface area contributed by atoms with Crippen molar-refractivity contribution in [3.05, 3.63) is 22.7 Å². The second-order valence-corrected chi connectivity index (χ2v) is 5.73. The largest absolute Gasteiger partial charge is 0.495 e. The smallest absolute Gasteiger partial charge is 0.319 e. The lowest BCUT2D eigenvalue weighted by Crippen LogP contribution is -2.48. The van der Waals surface area contributed by atoms with E-state index in [0.717, 1.165) is 10.9 Å². The number of methoxy groups -OCH3 is 1. The Morgan fingerprint density at radius 3 is 2.75 bits per heavy atom. The molecule has 0 aliphatic heterocycles. The molecule has 0 bridgehead atoms. The molecule has 0 spiro atoms. The van der Waals surface area contributed by atoms with Crippen molar-refractivity contribution in [2.75, 3.05) is 19.0 Å². The normalized spacial score (nSPS) is 13.4. The Morgan fingerprint density at radius 2 is 2.20 bits per heavy atom. The molecule has 2 amide bonds. The molecule has 0 aromatic heterocycles. The van der Waals surface area contributed by atoms with Crippen LogP contribution in [-0.4, -0.2) is 30.4 Å². The molecular formula is C14H21BrN2O3. The van der Waals surface area contributed by atoms with Gasteiger partial charge in [-0.05, 0) is 38.0 Å². The standard InChI is InChI=1S/C14H21BrN2O3/c1-4-14(2,7-8-18)17-13(19)16-11-9-10(15)5-6-12(11)20-3/h5-6,9,18H,4,7-8H2,1-3H3,(H2,16,17,19). The molecule has 0 heterocycles. The molecule has 6 heteroatoms. The minimum Gasteiger partial charge on any atom is -0.495 e. The highest BCUT2D eigenvalue weighted by Gasteiger charge is 2.24. The zero-order valence-electron chi connectivity index (χ0n) is 12.0. The fraction of sp³-hybridized carbons (Fsp3) is 0.500. The Morgan fingerprint density at radius 1 is 1.50 bits per heavy atom. The van der Waals surface area contributed by atoms with Gasteiger partial charge in [-0.2, -0.15) is 0 Å². The number of carbonyl (C=O) groups excluding carboxylic acids is 1. The van der Waals surface area contributed by atoms with E-state index in [1.54, 1.807) is 19.2 Å². The molecule has 0 aliphatic carbocycles. The molecule has 1 unspecified atom stereocenters. The van der Waals surface area contributed by atoms with E-state index in [9.17, 15) is 4.79 Å². The van der Waals surface area contributed by atoms with Crippen LogP contribution in [0.4, 0.5) is 10.5 Å². The maximum Gasteiger partial charge on any atom is 0.319 e. The topological polar surface area (TPSA) is 70.6 Å². The van der Waals surface area contributed by atoms with Crippen LogP contribution in [0.3, 0.4) is 0 Å². The quantitative estimate of drug-likeness (QED) is 0.742. The Kier molecular flexibility index (Phi) is 6.29. The molecule has 0 fully saturated rings. The van der Waals surface area contributed by atoms with Gasteiger partial charge in [-0.1, -0.05) is 22.9 Å². The van der Waals surface area contributed by atoms with Gasteiger partial charge in [-0.15, -0.1) is 0 Å². The van der Waals surface area contributed by atoms with Gasteiger partial charge in [0.05, 0.1) is 12.8 Å². The average molecular weight is 345 g/mol. The fourth-order valence-electron chi connectivity index (χ4n) is 1.78. The SMILES string of the molecule is CCC(C)(CCO)NC(=O)Nc1cc(Br)ccc1OC. The number of urea groups is 1. The Bertz CT molecular complexity index is 468. The van der Waals surface area contributed by atoms with Gasteiger partial charge in [-0.3, -0.25) is 0 Å². The molecule has 0 saturated carbocycles. The van der Waals surface area contributed by atoms with Crippen LogP contribution >= 0.6 is 15.9 Å². The summed E-state index contributed by atoms with van der Waals surface area (Å²) in [5.41, 5.74) is 0.153. The van der Waals surface area contributed by atoms with Gasteiger partial charge < -0.3 is 20.5 Å². The van der Waals surface area contributed by atoms with Gasteiger partial charge in [-0.25, -0.2) is 4.79 Å². The molecule has 3 N–H and O–H groups in total. The predicted molar refractivity (Wildman–Crippen MR) is 83.2 cm³/mol. The van der Waals surface area contributed by atoms with Crippen molar-refractivity contribution in [3.63, 3.8) is 0 Å². The molecule has 20 heavy (non-hydrogen) atoms. The summed E-state index contributed by atoms with van der Waals surface area (Å²) in [5.74, 6) is 0.587. The third kappa shape index (κ3) is 4.68. The van der Waals surface area contributed by atoms with Gasteiger partial charge >= 0.3 is 6.03 Å². The first-order chi connectivity index (χ1) is 9.44. The number of rotatable bonds is 6. The lowest BCUT2D eigenvalue weighted by molar-refractivity contribution is 0.208. The molecule has 112 valence electrons. The summed E-state index contributed by atoms with van der Waals surface area (Å²) in [4.78, 5) is 12.1. The van der Waals surface area contributed by atoms with Crippen LogP contribution in [0, 0.1) is 0 Å². The Labute approximate surface area is 127 Å². The number of anilines is 1. The highest BCUT2D eigenvalue weighted by Crippen LogP contribution is 2.28. The molecule has 1 atom stereocenters. The first kappa shape index (κ1) is 16.8. The van der Waals surface area contributed by atoms with Crippen LogP contribution < -0.4 is 15.4 Å². The van der Waals surface area contributed by atoms with E-state index in [4.69, 9.17) is 9.84 Å². The number of aliphatic hydroxyl groups excluding tert-OH is 1. The van der Waals surface area contributed by atoms with Crippen molar-refractivity contribution in [1.29, 1.82) is 0 Å². The van der Waals surface area contributed by atoms with Crippen molar-refractivity contribution < 1.29 is 14.6 Å². The molecule has 0 aliphatic rings. The van der Waals surface area contributed by atoms with Gasteiger partial charge in [0.15, 0.2) is 0 Å². The third-order valence-electron chi connectivity index (χ3n) is 3.27. The number of amides is 2. The van der Waals surface area contributed by atoms with Crippen LogP contribution in [0.25, 0.3) is 0 Å². The molecule has 1 rings (SSSR count). The van der Waals surface area contributed by atoms with Crippen molar-refractivity contribution >= 4 is 27.6 Å². The van der Waals surface area contributed by atoms with Gasteiger partial charge in [0.25, 0.3) is 0 Å². The Hall–Kier alpha value is -1.27. The highest BCUT2D eigenvalue weighted by atomic mass is 79.9. The molecular weight excluding hydrogens is 324 g/mol. The fourth-order valence-corrected chi connectivity index (χ4v) is 2.14. The average Bonchev–Trinajstić information content (AvgIpc) is 2.39. The summed E-state index contributed by atoms with van der Waals surface area (Å²) in [6.45, 7) is 3.90. The second kappa shape index (κ2) is 7.50. The van der Waals surface area contributed by atoms with Crippen LogP contribution in [0.5, 0.6) is 5.75 Å². The van der Waals surface area contributed by atoms with Crippen molar-refractivity contribution in [3.8, 4) is 5.75 Å². The number of hydrogen-bond donors (Lipinski definition) is 3. The Balaban J connectivity index is 2.78. The van der Waals surface area contributed by atoms with E-state index in [1.807, 2.05) is 19.9 Å². The minimum atomic E-state index is -0.432. The molecule has 0 saturated heterocycles. The number of carbonyl (C=O) groups is 1. The summed E-state index contributed by atoms with van der Waals surface area (Å²) in [5, 5.41) is 14.7. The molecule has 1 aromatic carbocycles. The highest BCUT2D eigenvalue weighted by molar-refractivity contribution is 9.10. The molecule has 5 nitrogen and oxygen atoms in total. The van der Waals surface area contributed by atoms with E-state index >= 15 is 0 Å². The van der Waals surface area contributed by atoms with Gasteiger partial charge in [0.2, 0.25) is 0 Å². The zero-order valence-corrected chi connectivity index (χ0v) is 13.6. The maximum atomic E-state index is 12.1. The van der Waals surface area contributed by atoms with Gasteiger partial charge in [0.1, 0.15) is 5.75 Å².